The molecule has 3 aromatic carbocycles. The van der Waals surface area contributed by atoms with Crippen LogP contribution in [0.15, 0.2) is 72.8 Å². The van der Waals surface area contributed by atoms with Crippen LogP contribution in [0.5, 0.6) is 11.5 Å². The minimum atomic E-state index is -0.0740. The number of unbranched alkanes of at least 4 members (excludes halogenated alkanes) is 3. The quantitative estimate of drug-likeness (QED) is 0.128. The molecule has 0 fully saturated rings. The van der Waals surface area contributed by atoms with Crippen molar-refractivity contribution in [2.75, 3.05) is 26.2 Å². The van der Waals surface area contributed by atoms with Crippen LogP contribution in [0.3, 0.4) is 0 Å². The van der Waals surface area contributed by atoms with Gasteiger partial charge in [-0.25, -0.2) is 0 Å². The van der Waals surface area contributed by atoms with Crippen LogP contribution in [0.25, 0.3) is 11.1 Å². The smallest absolute Gasteiger partial charge is 0.165 e. The average Bonchev–Trinajstić information content (AvgIpc) is 2.83. The zero-order valence-corrected chi connectivity index (χ0v) is 23.1. The highest BCUT2D eigenvalue weighted by Gasteiger charge is 2.13. The van der Waals surface area contributed by atoms with Crippen molar-refractivity contribution in [3.63, 3.8) is 0 Å². The first-order chi connectivity index (χ1) is 15.8. The van der Waals surface area contributed by atoms with Crippen LogP contribution in [-0.4, -0.2) is 36.4 Å². The molecule has 0 radical (unpaired) electrons. The maximum absolute atomic E-state index is 10.4. The Morgan fingerprint density at radius 2 is 1.12 bits per heavy atom. The zero-order chi connectivity index (χ0) is 22.4. The number of hydrogen-bond donors (Lipinski definition) is 4. The van der Waals surface area contributed by atoms with E-state index in [2.05, 4.69) is 41.0 Å². The van der Waals surface area contributed by atoms with E-state index in [1.165, 1.54) is 31.2 Å². The van der Waals surface area contributed by atoms with E-state index < -0.39 is 0 Å². The van der Waals surface area contributed by atoms with Crippen LogP contribution in [0.4, 0.5) is 0 Å². The van der Waals surface area contributed by atoms with Crippen molar-refractivity contribution in [3.05, 3.63) is 83.9 Å². The highest BCUT2D eigenvalue weighted by Crippen LogP contribution is 2.39. The van der Waals surface area contributed by atoms with Crippen molar-refractivity contribution in [1.29, 1.82) is 0 Å². The van der Waals surface area contributed by atoms with E-state index in [0.29, 0.717) is 0 Å². The largest absolute Gasteiger partial charge is 0.504 e. The molecule has 3 rings (SSSR count). The second kappa shape index (κ2) is 17.6. The SMILES string of the molecule is Br.Br.Oc1ccc(CCNCCCCCCNCCc2ccccc2)c(-c2ccccc2)c1O. The van der Waals surface area contributed by atoms with Crippen molar-refractivity contribution < 1.29 is 10.2 Å². The van der Waals surface area contributed by atoms with Gasteiger partial charge in [0.05, 0.1) is 0 Å². The molecule has 0 aliphatic carbocycles. The first-order valence-corrected chi connectivity index (χ1v) is 11.8. The number of rotatable bonds is 14. The lowest BCUT2D eigenvalue weighted by Crippen LogP contribution is -2.19. The Bertz CT molecular complexity index is 924. The van der Waals surface area contributed by atoms with Gasteiger partial charge in [0.25, 0.3) is 0 Å². The van der Waals surface area contributed by atoms with E-state index >= 15 is 0 Å². The van der Waals surface area contributed by atoms with E-state index in [4.69, 9.17) is 0 Å². The third kappa shape index (κ3) is 10.2. The van der Waals surface area contributed by atoms with Gasteiger partial charge in [-0.3, -0.25) is 0 Å². The van der Waals surface area contributed by atoms with E-state index in [0.717, 1.165) is 55.7 Å². The molecule has 186 valence electrons. The summed E-state index contributed by atoms with van der Waals surface area (Å²) in [5.41, 5.74) is 4.09. The van der Waals surface area contributed by atoms with Gasteiger partial charge in [0.15, 0.2) is 11.5 Å². The Hall–Kier alpha value is -1.86. The summed E-state index contributed by atoms with van der Waals surface area (Å²) < 4.78 is 0. The van der Waals surface area contributed by atoms with Crippen LogP contribution >= 0.6 is 34.0 Å². The molecule has 0 amide bonds. The van der Waals surface area contributed by atoms with Crippen LogP contribution in [0.2, 0.25) is 0 Å². The summed E-state index contributed by atoms with van der Waals surface area (Å²) in [6, 6.07) is 23.9. The summed E-state index contributed by atoms with van der Waals surface area (Å²) >= 11 is 0. The molecular formula is C28H38Br2N2O2. The summed E-state index contributed by atoms with van der Waals surface area (Å²) in [6.07, 6.45) is 6.80. The zero-order valence-electron chi connectivity index (χ0n) is 19.7. The van der Waals surface area contributed by atoms with E-state index in [1.54, 1.807) is 6.07 Å². The predicted molar refractivity (Wildman–Crippen MR) is 154 cm³/mol. The van der Waals surface area contributed by atoms with Crippen LogP contribution in [-0.2, 0) is 12.8 Å². The molecule has 0 bridgehead atoms. The Morgan fingerprint density at radius 1 is 0.559 bits per heavy atom. The number of aromatic hydroxyl groups is 2. The normalized spacial score (nSPS) is 10.4. The second-order valence-electron chi connectivity index (χ2n) is 8.23. The molecule has 0 heterocycles. The molecule has 3 aromatic rings. The van der Waals surface area contributed by atoms with E-state index in [1.807, 2.05) is 36.4 Å². The molecule has 4 nitrogen and oxygen atoms in total. The molecule has 4 N–H and O–H groups in total. The van der Waals surface area contributed by atoms with Crippen molar-refractivity contribution in [1.82, 2.24) is 10.6 Å². The molecule has 0 aromatic heterocycles. The van der Waals surface area contributed by atoms with Crippen LogP contribution < -0.4 is 10.6 Å². The van der Waals surface area contributed by atoms with Gasteiger partial charge in [-0.05, 0) is 74.6 Å². The second-order valence-corrected chi connectivity index (χ2v) is 8.23. The summed E-state index contributed by atoms with van der Waals surface area (Å²) in [4.78, 5) is 0. The number of phenolic OH excluding ortho intramolecular Hbond substituents is 2. The maximum Gasteiger partial charge on any atom is 0.165 e. The van der Waals surface area contributed by atoms with Gasteiger partial charge in [-0.2, -0.15) is 0 Å². The van der Waals surface area contributed by atoms with Gasteiger partial charge in [-0.1, -0.05) is 79.6 Å². The minimum absolute atomic E-state index is 0. The lowest BCUT2D eigenvalue weighted by molar-refractivity contribution is 0.404. The van der Waals surface area contributed by atoms with Gasteiger partial charge in [0, 0.05) is 5.56 Å². The van der Waals surface area contributed by atoms with Crippen molar-refractivity contribution in [2.24, 2.45) is 0 Å². The Balaban J connectivity index is 0.00000289. The summed E-state index contributed by atoms with van der Waals surface area (Å²) in [5.74, 6) is -0.110. The molecule has 6 heteroatoms. The molecule has 0 spiro atoms. The fourth-order valence-corrected chi connectivity index (χ4v) is 3.96. The molecule has 0 saturated carbocycles. The summed E-state index contributed by atoms with van der Waals surface area (Å²) in [7, 11) is 0. The van der Waals surface area contributed by atoms with Crippen molar-refractivity contribution in [3.8, 4) is 22.6 Å². The van der Waals surface area contributed by atoms with Crippen molar-refractivity contribution in [2.45, 2.75) is 38.5 Å². The highest BCUT2D eigenvalue weighted by atomic mass is 79.9. The third-order valence-electron chi connectivity index (χ3n) is 5.77. The van der Waals surface area contributed by atoms with Crippen LogP contribution in [0.1, 0.15) is 36.8 Å². The number of phenols is 2. The molecule has 0 atom stereocenters. The van der Waals surface area contributed by atoms with E-state index in [-0.39, 0.29) is 45.5 Å². The average molecular weight is 594 g/mol. The lowest BCUT2D eigenvalue weighted by Gasteiger charge is -2.13. The van der Waals surface area contributed by atoms with Crippen molar-refractivity contribution >= 4 is 34.0 Å². The lowest BCUT2D eigenvalue weighted by atomic mass is 9.96. The molecule has 34 heavy (non-hydrogen) atoms. The van der Waals surface area contributed by atoms with Gasteiger partial charge < -0.3 is 20.8 Å². The fourth-order valence-electron chi connectivity index (χ4n) is 3.96. The minimum Gasteiger partial charge on any atom is -0.504 e. The van der Waals surface area contributed by atoms with Crippen LogP contribution in [0, 0.1) is 0 Å². The molecule has 0 aliphatic rings. The van der Waals surface area contributed by atoms with Gasteiger partial charge >= 0.3 is 0 Å². The van der Waals surface area contributed by atoms with E-state index in [9.17, 15) is 10.2 Å². The predicted octanol–water partition coefficient (Wildman–Crippen LogP) is 6.45. The monoisotopic (exact) mass is 592 g/mol. The number of benzene rings is 3. The standard InChI is InChI=1S/C28H36N2O2.2BrH/c31-26-16-15-25(27(28(26)32)24-13-7-4-8-14-24)18-22-30-20-10-2-1-9-19-29-21-17-23-11-5-3-6-12-23;;/h3-8,11-16,29-32H,1-2,9-10,17-22H2;2*1H. The Morgan fingerprint density at radius 3 is 1.74 bits per heavy atom. The first kappa shape index (κ1) is 30.2. The fraction of sp³-hybridized carbons (Fsp3) is 0.357. The third-order valence-corrected chi connectivity index (χ3v) is 5.77. The topological polar surface area (TPSA) is 64.5 Å². The Kier molecular flexibility index (Phi) is 15.6. The first-order valence-electron chi connectivity index (χ1n) is 11.8. The maximum atomic E-state index is 10.4. The Labute approximate surface area is 225 Å². The molecule has 0 saturated heterocycles. The van der Waals surface area contributed by atoms with Gasteiger partial charge in [-0.15, -0.1) is 34.0 Å². The van der Waals surface area contributed by atoms with Gasteiger partial charge in [0.2, 0.25) is 0 Å². The summed E-state index contributed by atoms with van der Waals surface area (Å²) in [6.45, 7) is 3.99. The number of halogens is 2. The molecular weight excluding hydrogens is 556 g/mol. The molecule has 0 aliphatic heterocycles. The number of hydrogen-bond acceptors (Lipinski definition) is 4. The molecule has 0 unspecified atom stereocenters. The summed E-state index contributed by atoms with van der Waals surface area (Å²) in [5, 5.41) is 27.4. The van der Waals surface area contributed by atoms with Gasteiger partial charge in [0.1, 0.15) is 0 Å². The highest BCUT2D eigenvalue weighted by molar-refractivity contribution is 8.93. The number of nitrogens with one attached hydrogen (secondary N) is 2.